The smallest absolute Gasteiger partial charge is 0.255 e. The molecule has 2 N–H and O–H groups in total. The van der Waals surface area contributed by atoms with Gasteiger partial charge in [-0.2, -0.15) is 0 Å². The maximum Gasteiger partial charge on any atom is 0.255 e. The normalized spacial score (nSPS) is 10.1. The molecule has 3 aromatic rings. The van der Waals surface area contributed by atoms with E-state index in [4.69, 9.17) is 11.6 Å². The topological polar surface area (TPSA) is 58.2 Å². The molecule has 3 rings (SSSR count). The van der Waals surface area contributed by atoms with E-state index >= 15 is 0 Å². The van der Waals surface area contributed by atoms with Crippen LogP contribution in [0.1, 0.15) is 20.7 Å². The molecule has 0 bridgehead atoms. The number of hydrogen-bond acceptors (Lipinski definition) is 2. The van der Waals surface area contributed by atoms with E-state index < -0.39 is 0 Å². The molecule has 0 atom stereocenters. The van der Waals surface area contributed by atoms with E-state index in [-0.39, 0.29) is 11.8 Å². The SMILES string of the molecule is O=C(Nc1ccc(NC(=O)c2ccc(Cl)cc2)cc1)c1ccccc1. The summed E-state index contributed by atoms with van der Waals surface area (Å²) < 4.78 is 0. The summed E-state index contributed by atoms with van der Waals surface area (Å²) in [6.45, 7) is 0. The van der Waals surface area contributed by atoms with Crippen LogP contribution in [-0.2, 0) is 0 Å². The average Bonchev–Trinajstić information content (AvgIpc) is 2.64. The van der Waals surface area contributed by atoms with Crippen LogP contribution in [0.4, 0.5) is 11.4 Å². The maximum atomic E-state index is 12.1. The molecule has 0 unspecified atom stereocenters. The van der Waals surface area contributed by atoms with Crippen molar-refractivity contribution in [1.82, 2.24) is 0 Å². The molecule has 0 aliphatic heterocycles. The fourth-order valence-corrected chi connectivity index (χ4v) is 2.36. The first-order valence-electron chi connectivity index (χ1n) is 7.65. The lowest BCUT2D eigenvalue weighted by Gasteiger charge is -2.08. The van der Waals surface area contributed by atoms with E-state index in [0.29, 0.717) is 27.5 Å². The molecule has 25 heavy (non-hydrogen) atoms. The van der Waals surface area contributed by atoms with Crippen molar-refractivity contribution in [1.29, 1.82) is 0 Å². The number of carbonyl (C=O) groups is 2. The van der Waals surface area contributed by atoms with E-state index in [2.05, 4.69) is 10.6 Å². The summed E-state index contributed by atoms with van der Waals surface area (Å²) in [4.78, 5) is 24.2. The van der Waals surface area contributed by atoms with Gasteiger partial charge in [0, 0.05) is 27.5 Å². The highest BCUT2D eigenvalue weighted by Crippen LogP contribution is 2.16. The highest BCUT2D eigenvalue weighted by molar-refractivity contribution is 6.30. The molecule has 0 radical (unpaired) electrons. The highest BCUT2D eigenvalue weighted by atomic mass is 35.5. The number of rotatable bonds is 4. The number of amides is 2. The van der Waals surface area contributed by atoms with Crippen molar-refractivity contribution in [2.24, 2.45) is 0 Å². The molecule has 0 saturated carbocycles. The molecule has 3 aromatic carbocycles. The third-order valence-corrected chi connectivity index (χ3v) is 3.80. The Kier molecular flexibility index (Phi) is 5.11. The molecule has 0 aromatic heterocycles. The van der Waals surface area contributed by atoms with Crippen LogP contribution < -0.4 is 10.6 Å². The second-order valence-corrected chi connectivity index (χ2v) is 5.79. The number of hydrogen-bond donors (Lipinski definition) is 2. The molecular formula is C20H15ClN2O2. The van der Waals surface area contributed by atoms with Crippen LogP contribution in [0.3, 0.4) is 0 Å². The number of halogens is 1. The van der Waals surface area contributed by atoms with Crippen molar-refractivity contribution in [2.75, 3.05) is 10.6 Å². The molecule has 0 heterocycles. The van der Waals surface area contributed by atoms with Crippen molar-refractivity contribution < 1.29 is 9.59 Å². The first-order chi connectivity index (χ1) is 12.1. The Bertz CT molecular complexity index is 876. The number of carbonyl (C=O) groups excluding carboxylic acids is 2. The second-order valence-electron chi connectivity index (χ2n) is 5.36. The fourth-order valence-electron chi connectivity index (χ4n) is 2.23. The van der Waals surface area contributed by atoms with Gasteiger partial charge in [-0.05, 0) is 60.7 Å². The Morgan fingerprint density at radius 1 is 0.600 bits per heavy atom. The van der Waals surface area contributed by atoms with Gasteiger partial charge in [0.25, 0.3) is 11.8 Å². The van der Waals surface area contributed by atoms with Gasteiger partial charge in [-0.25, -0.2) is 0 Å². The Morgan fingerprint density at radius 3 is 1.52 bits per heavy atom. The van der Waals surface area contributed by atoms with Crippen LogP contribution in [-0.4, -0.2) is 11.8 Å². The summed E-state index contributed by atoms with van der Waals surface area (Å²) in [6, 6.07) is 22.5. The minimum Gasteiger partial charge on any atom is -0.322 e. The van der Waals surface area contributed by atoms with E-state index in [1.165, 1.54) is 0 Å². The Morgan fingerprint density at radius 2 is 1.04 bits per heavy atom. The largest absolute Gasteiger partial charge is 0.322 e. The van der Waals surface area contributed by atoms with Crippen LogP contribution in [0.25, 0.3) is 0 Å². The number of anilines is 2. The standard InChI is InChI=1S/C20H15ClN2O2/c21-16-8-6-15(7-9-16)20(25)23-18-12-10-17(11-13-18)22-19(24)14-4-2-1-3-5-14/h1-13H,(H,22,24)(H,23,25). The summed E-state index contributed by atoms with van der Waals surface area (Å²) in [5.41, 5.74) is 2.39. The minimum atomic E-state index is -0.224. The van der Waals surface area contributed by atoms with Gasteiger partial charge >= 0.3 is 0 Å². The van der Waals surface area contributed by atoms with Crippen LogP contribution >= 0.6 is 11.6 Å². The molecule has 0 saturated heterocycles. The Hall–Kier alpha value is -3.11. The monoisotopic (exact) mass is 350 g/mol. The van der Waals surface area contributed by atoms with Crippen LogP contribution in [0.2, 0.25) is 5.02 Å². The Labute approximate surface area is 150 Å². The summed E-state index contributed by atoms with van der Waals surface area (Å²) >= 11 is 5.81. The zero-order chi connectivity index (χ0) is 17.6. The predicted octanol–water partition coefficient (Wildman–Crippen LogP) is 4.84. The molecule has 0 aliphatic rings. The van der Waals surface area contributed by atoms with E-state index in [1.54, 1.807) is 60.7 Å². The van der Waals surface area contributed by atoms with Gasteiger partial charge in [-0.15, -0.1) is 0 Å². The minimum absolute atomic E-state index is 0.182. The highest BCUT2D eigenvalue weighted by Gasteiger charge is 2.07. The van der Waals surface area contributed by atoms with Gasteiger partial charge in [0.1, 0.15) is 0 Å². The second kappa shape index (κ2) is 7.64. The Balaban J connectivity index is 1.63. The van der Waals surface area contributed by atoms with Crippen LogP contribution in [0.5, 0.6) is 0 Å². The van der Waals surface area contributed by atoms with Crippen LogP contribution in [0.15, 0.2) is 78.9 Å². The molecule has 124 valence electrons. The summed E-state index contributed by atoms with van der Waals surface area (Å²) in [5.74, 6) is -0.406. The number of nitrogens with one attached hydrogen (secondary N) is 2. The van der Waals surface area contributed by atoms with Gasteiger partial charge in [-0.1, -0.05) is 29.8 Å². The summed E-state index contributed by atoms with van der Waals surface area (Å²) in [7, 11) is 0. The quantitative estimate of drug-likeness (QED) is 0.707. The lowest BCUT2D eigenvalue weighted by molar-refractivity contribution is 0.101. The predicted molar refractivity (Wildman–Crippen MR) is 100 cm³/mol. The van der Waals surface area contributed by atoms with Crippen LogP contribution in [0, 0.1) is 0 Å². The van der Waals surface area contributed by atoms with Crippen molar-refractivity contribution >= 4 is 34.8 Å². The van der Waals surface area contributed by atoms with E-state index in [1.807, 2.05) is 18.2 Å². The van der Waals surface area contributed by atoms with Gasteiger partial charge in [0.05, 0.1) is 0 Å². The van der Waals surface area contributed by atoms with Crippen molar-refractivity contribution in [3.8, 4) is 0 Å². The first kappa shape index (κ1) is 16.7. The third kappa shape index (κ3) is 4.46. The lowest BCUT2D eigenvalue weighted by atomic mass is 10.2. The fraction of sp³-hybridized carbons (Fsp3) is 0. The molecular weight excluding hydrogens is 336 g/mol. The summed E-state index contributed by atoms with van der Waals surface area (Å²) in [5, 5.41) is 6.18. The third-order valence-electron chi connectivity index (χ3n) is 3.54. The molecule has 0 spiro atoms. The van der Waals surface area contributed by atoms with Gasteiger partial charge in [-0.3, -0.25) is 9.59 Å². The average molecular weight is 351 g/mol. The molecule has 5 heteroatoms. The zero-order valence-electron chi connectivity index (χ0n) is 13.2. The zero-order valence-corrected chi connectivity index (χ0v) is 14.0. The maximum absolute atomic E-state index is 12.1. The van der Waals surface area contributed by atoms with Gasteiger partial charge < -0.3 is 10.6 Å². The molecule has 0 aliphatic carbocycles. The van der Waals surface area contributed by atoms with Crippen molar-refractivity contribution in [3.05, 3.63) is 95.0 Å². The summed E-state index contributed by atoms with van der Waals surface area (Å²) in [6.07, 6.45) is 0. The van der Waals surface area contributed by atoms with E-state index in [0.717, 1.165) is 0 Å². The molecule has 2 amide bonds. The van der Waals surface area contributed by atoms with Crippen molar-refractivity contribution in [2.45, 2.75) is 0 Å². The molecule has 4 nitrogen and oxygen atoms in total. The van der Waals surface area contributed by atoms with Gasteiger partial charge in [0.15, 0.2) is 0 Å². The lowest BCUT2D eigenvalue weighted by Crippen LogP contribution is -2.13. The molecule has 0 fully saturated rings. The number of benzene rings is 3. The van der Waals surface area contributed by atoms with Crippen molar-refractivity contribution in [3.63, 3.8) is 0 Å². The first-order valence-corrected chi connectivity index (χ1v) is 8.03. The van der Waals surface area contributed by atoms with E-state index in [9.17, 15) is 9.59 Å². The van der Waals surface area contributed by atoms with Gasteiger partial charge in [0.2, 0.25) is 0 Å².